The minimum absolute atomic E-state index is 0.0204. The van der Waals surface area contributed by atoms with Crippen LogP contribution in [0.4, 0.5) is 10.2 Å². The van der Waals surface area contributed by atoms with Gasteiger partial charge < -0.3 is 19.4 Å². The minimum atomic E-state index is -0.559. The number of methoxy groups -OCH3 is 1. The van der Waals surface area contributed by atoms with Gasteiger partial charge in [-0.1, -0.05) is 0 Å². The molecule has 0 radical (unpaired) electrons. The fraction of sp³-hybridized carbons (Fsp3) is 0.400. The fourth-order valence-corrected chi connectivity index (χ4v) is 4.65. The van der Waals surface area contributed by atoms with Crippen molar-refractivity contribution in [2.75, 3.05) is 44.7 Å². The normalized spacial score (nSPS) is 15.6. The zero-order chi connectivity index (χ0) is 25.4. The van der Waals surface area contributed by atoms with Crippen molar-refractivity contribution in [3.8, 4) is 17.0 Å². The molecule has 0 bridgehead atoms. The maximum atomic E-state index is 14.1. The second kappa shape index (κ2) is 9.56. The number of amides is 2. The molecule has 5 rings (SSSR count). The number of ether oxygens (including phenoxy) is 1. The molecule has 2 aromatic heterocycles. The Morgan fingerprint density at radius 3 is 2.44 bits per heavy atom. The van der Waals surface area contributed by atoms with Crippen LogP contribution >= 0.6 is 0 Å². The molecule has 0 saturated carbocycles. The average molecular weight is 494 g/mol. The molecule has 2 aliphatic heterocycles. The van der Waals surface area contributed by atoms with E-state index in [2.05, 4.69) is 10.00 Å². The van der Waals surface area contributed by atoms with E-state index in [1.807, 2.05) is 13.2 Å². The third-order valence-electron chi connectivity index (χ3n) is 6.68. The van der Waals surface area contributed by atoms with Gasteiger partial charge in [0.2, 0.25) is 5.91 Å². The first-order valence-corrected chi connectivity index (χ1v) is 11.9. The lowest BCUT2D eigenvalue weighted by Crippen LogP contribution is -2.49. The Hall–Kier alpha value is -4.02. The fourth-order valence-electron chi connectivity index (χ4n) is 4.65. The quantitative estimate of drug-likeness (QED) is 0.548. The molecule has 1 aromatic carbocycles. The topological polar surface area (TPSA) is 96.7 Å². The number of aryl methyl sites for hydroxylation is 1. The Bertz CT molecular complexity index is 1320. The molecule has 0 N–H and O–H groups in total. The highest BCUT2D eigenvalue weighted by molar-refractivity contribution is 5.94. The van der Waals surface area contributed by atoms with Gasteiger partial charge in [-0.15, -0.1) is 0 Å². The Labute approximate surface area is 208 Å². The number of hydrogen-bond acceptors (Lipinski definition) is 7. The maximum absolute atomic E-state index is 14.1. The first-order chi connectivity index (χ1) is 17.3. The number of aromatic nitrogens is 4. The van der Waals surface area contributed by atoms with Crippen LogP contribution in [0, 0.1) is 5.82 Å². The highest BCUT2D eigenvalue weighted by Crippen LogP contribution is 2.31. The molecular formula is C25H28FN7O3. The van der Waals surface area contributed by atoms with Gasteiger partial charge in [0.15, 0.2) is 17.4 Å². The zero-order valence-electron chi connectivity index (χ0n) is 20.6. The Balaban J connectivity index is 1.39. The van der Waals surface area contributed by atoms with Crippen molar-refractivity contribution in [2.45, 2.75) is 19.9 Å². The number of fused-ring (bicyclic) bond motifs is 1. The number of benzene rings is 1. The van der Waals surface area contributed by atoms with E-state index in [0.29, 0.717) is 56.9 Å². The molecule has 11 heteroatoms. The Morgan fingerprint density at radius 1 is 1.03 bits per heavy atom. The Morgan fingerprint density at radius 2 is 1.81 bits per heavy atom. The van der Waals surface area contributed by atoms with Gasteiger partial charge in [0, 0.05) is 70.4 Å². The molecule has 36 heavy (non-hydrogen) atoms. The average Bonchev–Trinajstić information content (AvgIpc) is 3.33. The van der Waals surface area contributed by atoms with Gasteiger partial charge in [-0.25, -0.2) is 14.4 Å². The van der Waals surface area contributed by atoms with E-state index in [9.17, 15) is 14.0 Å². The van der Waals surface area contributed by atoms with E-state index in [-0.39, 0.29) is 17.6 Å². The van der Waals surface area contributed by atoms with Crippen LogP contribution < -0.4 is 9.64 Å². The van der Waals surface area contributed by atoms with Crippen molar-refractivity contribution in [1.82, 2.24) is 29.5 Å². The lowest BCUT2D eigenvalue weighted by molar-refractivity contribution is -0.129. The van der Waals surface area contributed by atoms with Crippen LogP contribution in [0.15, 0.2) is 30.6 Å². The monoisotopic (exact) mass is 493 g/mol. The zero-order valence-corrected chi connectivity index (χ0v) is 20.6. The molecule has 3 aromatic rings. The van der Waals surface area contributed by atoms with Crippen LogP contribution in [0.2, 0.25) is 0 Å². The number of hydrogen-bond donors (Lipinski definition) is 0. The van der Waals surface area contributed by atoms with Crippen LogP contribution in [0.25, 0.3) is 11.3 Å². The molecule has 0 spiro atoms. The van der Waals surface area contributed by atoms with Crippen molar-refractivity contribution < 1.29 is 18.7 Å². The van der Waals surface area contributed by atoms with Crippen molar-refractivity contribution >= 4 is 17.6 Å². The van der Waals surface area contributed by atoms with Gasteiger partial charge in [0.1, 0.15) is 5.69 Å². The molecule has 4 heterocycles. The number of rotatable bonds is 4. The van der Waals surface area contributed by atoms with E-state index in [0.717, 1.165) is 22.8 Å². The summed E-state index contributed by atoms with van der Waals surface area (Å²) >= 11 is 0. The number of carbonyl (C=O) groups excluding carboxylic acids is 2. The summed E-state index contributed by atoms with van der Waals surface area (Å²) in [5.74, 6) is 0.101. The molecule has 0 unspecified atom stereocenters. The summed E-state index contributed by atoms with van der Waals surface area (Å²) < 4.78 is 20.8. The number of anilines is 1. The standard InChI is InChI=1S/C25H28FN7O3/c1-16(34)33-7-6-20-21(15-33)28-23(18-13-27-30(2)14-18)24(29-20)31-8-10-32(11-9-31)25(35)17-4-5-22(36-3)19(26)12-17/h4-5,12-14H,6-11,15H2,1-3H3. The predicted octanol–water partition coefficient (Wildman–Crippen LogP) is 1.89. The number of piperazine rings is 1. The van der Waals surface area contributed by atoms with Gasteiger partial charge in [0.05, 0.1) is 31.2 Å². The van der Waals surface area contributed by atoms with Crippen LogP contribution in [-0.4, -0.2) is 81.2 Å². The van der Waals surface area contributed by atoms with Gasteiger partial charge in [-0.3, -0.25) is 14.3 Å². The third-order valence-corrected chi connectivity index (χ3v) is 6.68. The molecule has 0 atom stereocenters. The Kier molecular flexibility index (Phi) is 6.29. The lowest BCUT2D eigenvalue weighted by Gasteiger charge is -2.37. The molecule has 0 aliphatic carbocycles. The highest BCUT2D eigenvalue weighted by Gasteiger charge is 2.29. The summed E-state index contributed by atoms with van der Waals surface area (Å²) in [5, 5.41) is 4.30. The number of nitrogens with zero attached hydrogens (tertiary/aromatic N) is 7. The third kappa shape index (κ3) is 4.48. The van der Waals surface area contributed by atoms with Gasteiger partial charge in [0.25, 0.3) is 5.91 Å². The molecule has 2 amide bonds. The van der Waals surface area contributed by atoms with Crippen molar-refractivity contribution in [3.05, 3.63) is 53.4 Å². The predicted molar refractivity (Wildman–Crippen MR) is 130 cm³/mol. The number of carbonyl (C=O) groups is 2. The smallest absolute Gasteiger partial charge is 0.254 e. The van der Waals surface area contributed by atoms with Crippen LogP contribution in [0.5, 0.6) is 5.75 Å². The van der Waals surface area contributed by atoms with E-state index >= 15 is 0 Å². The molecule has 10 nitrogen and oxygen atoms in total. The number of halogens is 1. The van der Waals surface area contributed by atoms with Crippen LogP contribution in [0.1, 0.15) is 28.7 Å². The summed E-state index contributed by atoms with van der Waals surface area (Å²) in [6.07, 6.45) is 4.29. The second-order valence-corrected chi connectivity index (χ2v) is 9.01. The van der Waals surface area contributed by atoms with E-state index in [1.165, 1.54) is 19.2 Å². The molecular weight excluding hydrogens is 465 g/mol. The molecule has 188 valence electrons. The van der Waals surface area contributed by atoms with Crippen molar-refractivity contribution in [2.24, 2.45) is 7.05 Å². The summed E-state index contributed by atoms with van der Waals surface area (Å²) in [4.78, 5) is 40.5. The molecule has 1 fully saturated rings. The van der Waals surface area contributed by atoms with E-state index in [1.54, 1.807) is 33.7 Å². The first-order valence-electron chi connectivity index (χ1n) is 11.9. The lowest BCUT2D eigenvalue weighted by atomic mass is 10.1. The highest BCUT2D eigenvalue weighted by atomic mass is 19.1. The van der Waals surface area contributed by atoms with E-state index in [4.69, 9.17) is 14.7 Å². The van der Waals surface area contributed by atoms with E-state index < -0.39 is 5.82 Å². The van der Waals surface area contributed by atoms with Gasteiger partial charge in [-0.05, 0) is 18.2 Å². The van der Waals surface area contributed by atoms with Crippen LogP contribution in [0.3, 0.4) is 0 Å². The van der Waals surface area contributed by atoms with Crippen molar-refractivity contribution in [3.63, 3.8) is 0 Å². The first kappa shape index (κ1) is 23.7. The van der Waals surface area contributed by atoms with Crippen molar-refractivity contribution in [1.29, 1.82) is 0 Å². The molecule has 1 saturated heterocycles. The maximum Gasteiger partial charge on any atom is 0.254 e. The summed E-state index contributed by atoms with van der Waals surface area (Å²) in [5.41, 5.74) is 3.54. The minimum Gasteiger partial charge on any atom is -0.494 e. The second-order valence-electron chi connectivity index (χ2n) is 9.01. The summed E-state index contributed by atoms with van der Waals surface area (Å²) in [6.45, 7) is 4.67. The summed E-state index contributed by atoms with van der Waals surface area (Å²) in [6, 6.07) is 4.26. The molecule has 2 aliphatic rings. The van der Waals surface area contributed by atoms with Gasteiger partial charge >= 0.3 is 0 Å². The summed E-state index contributed by atoms with van der Waals surface area (Å²) in [7, 11) is 3.24. The van der Waals surface area contributed by atoms with Gasteiger partial charge in [-0.2, -0.15) is 5.10 Å². The van der Waals surface area contributed by atoms with Crippen LogP contribution in [-0.2, 0) is 24.8 Å². The largest absolute Gasteiger partial charge is 0.494 e. The SMILES string of the molecule is COc1ccc(C(=O)N2CCN(c3nc4c(nc3-c3cnn(C)c3)CN(C(C)=O)CC4)CC2)cc1F.